The molecule has 1 aromatic rings. The van der Waals surface area contributed by atoms with E-state index in [0.29, 0.717) is 5.92 Å². The molecule has 1 unspecified atom stereocenters. The van der Waals surface area contributed by atoms with Crippen LogP contribution < -0.4 is 15.8 Å². The third-order valence-corrected chi connectivity index (χ3v) is 3.86. The van der Waals surface area contributed by atoms with E-state index in [1.165, 1.54) is 0 Å². The van der Waals surface area contributed by atoms with Crippen molar-refractivity contribution in [1.29, 1.82) is 0 Å². The first kappa shape index (κ1) is 13.9. The van der Waals surface area contributed by atoms with Gasteiger partial charge in [-0.2, -0.15) is 0 Å². The van der Waals surface area contributed by atoms with Crippen LogP contribution in [0.15, 0.2) is 24.3 Å². The summed E-state index contributed by atoms with van der Waals surface area (Å²) in [5.41, 5.74) is 6.37. The molecule has 0 aliphatic heterocycles. The van der Waals surface area contributed by atoms with Crippen molar-refractivity contribution in [3.63, 3.8) is 0 Å². The Bertz CT molecular complexity index is 467. The van der Waals surface area contributed by atoms with E-state index >= 15 is 0 Å². The largest absolute Gasteiger partial charge is 0.497 e. The van der Waals surface area contributed by atoms with E-state index in [4.69, 9.17) is 10.5 Å². The summed E-state index contributed by atoms with van der Waals surface area (Å²) in [5, 5.41) is 2.99. The molecule has 4 heteroatoms. The molecule has 19 heavy (non-hydrogen) atoms. The van der Waals surface area contributed by atoms with Gasteiger partial charge in [-0.1, -0.05) is 12.1 Å². The van der Waals surface area contributed by atoms with Crippen molar-refractivity contribution >= 4 is 5.91 Å². The van der Waals surface area contributed by atoms with Crippen molar-refractivity contribution in [1.82, 2.24) is 5.32 Å². The molecule has 1 aliphatic rings. The number of nitrogens with one attached hydrogen (secondary N) is 1. The lowest BCUT2D eigenvalue weighted by Crippen LogP contribution is -2.53. The number of ether oxygens (including phenoxy) is 1. The van der Waals surface area contributed by atoms with Crippen LogP contribution in [0.25, 0.3) is 0 Å². The third kappa shape index (κ3) is 3.07. The number of hydrogen-bond donors (Lipinski definition) is 2. The summed E-state index contributed by atoms with van der Waals surface area (Å²) in [6, 6.07) is 7.62. The zero-order valence-corrected chi connectivity index (χ0v) is 11.8. The molecule has 0 bridgehead atoms. The molecule has 0 spiro atoms. The Labute approximate surface area is 114 Å². The number of rotatable bonds is 5. The zero-order valence-electron chi connectivity index (χ0n) is 11.8. The summed E-state index contributed by atoms with van der Waals surface area (Å²) in [6.45, 7) is 3.77. The fourth-order valence-corrected chi connectivity index (χ4v) is 2.21. The van der Waals surface area contributed by atoms with Gasteiger partial charge in [0.15, 0.2) is 0 Å². The van der Waals surface area contributed by atoms with Crippen LogP contribution in [0.4, 0.5) is 0 Å². The lowest BCUT2D eigenvalue weighted by Gasteiger charge is -2.26. The summed E-state index contributed by atoms with van der Waals surface area (Å²) in [7, 11) is 1.63. The van der Waals surface area contributed by atoms with E-state index in [-0.39, 0.29) is 11.9 Å². The minimum atomic E-state index is -0.757. The summed E-state index contributed by atoms with van der Waals surface area (Å²) in [5.74, 6) is 1.03. The predicted molar refractivity (Wildman–Crippen MR) is 74.9 cm³/mol. The highest BCUT2D eigenvalue weighted by atomic mass is 16.5. The van der Waals surface area contributed by atoms with E-state index < -0.39 is 5.54 Å². The maximum absolute atomic E-state index is 12.2. The van der Waals surface area contributed by atoms with Gasteiger partial charge in [0, 0.05) is 0 Å². The molecule has 2 rings (SSSR count). The number of amides is 1. The van der Waals surface area contributed by atoms with Crippen LogP contribution in [-0.2, 0) is 4.79 Å². The average molecular weight is 262 g/mol. The monoisotopic (exact) mass is 262 g/mol. The van der Waals surface area contributed by atoms with Crippen LogP contribution in [0.3, 0.4) is 0 Å². The number of benzene rings is 1. The maximum atomic E-state index is 12.2. The Morgan fingerprint density at radius 2 is 2.21 bits per heavy atom. The summed E-state index contributed by atoms with van der Waals surface area (Å²) in [6.07, 6.45) is 2.10. The Hall–Kier alpha value is -1.55. The molecule has 0 radical (unpaired) electrons. The second-order valence-electron chi connectivity index (χ2n) is 5.53. The molecule has 1 fully saturated rings. The van der Waals surface area contributed by atoms with Gasteiger partial charge in [0.1, 0.15) is 5.75 Å². The van der Waals surface area contributed by atoms with Crippen molar-refractivity contribution < 1.29 is 9.53 Å². The first-order valence-electron chi connectivity index (χ1n) is 6.69. The van der Waals surface area contributed by atoms with Crippen LogP contribution in [-0.4, -0.2) is 18.6 Å². The molecule has 1 aliphatic carbocycles. The topological polar surface area (TPSA) is 64.3 Å². The SMILES string of the molecule is COc1cccc([C@@H](C)NC(=O)C(C)(N)C2CC2)c1. The number of carbonyl (C=O) groups is 1. The normalized spacial score (nSPS) is 19.4. The highest BCUT2D eigenvalue weighted by molar-refractivity contribution is 5.86. The fraction of sp³-hybridized carbons (Fsp3) is 0.533. The Morgan fingerprint density at radius 3 is 2.79 bits per heavy atom. The van der Waals surface area contributed by atoms with Gasteiger partial charge in [-0.05, 0) is 50.3 Å². The Balaban J connectivity index is 2.03. The molecular formula is C15H22N2O2. The van der Waals surface area contributed by atoms with Gasteiger partial charge in [0.05, 0.1) is 18.7 Å². The lowest BCUT2D eigenvalue weighted by molar-refractivity contribution is -0.127. The maximum Gasteiger partial charge on any atom is 0.240 e. The minimum absolute atomic E-state index is 0.0784. The van der Waals surface area contributed by atoms with Gasteiger partial charge in [0.25, 0.3) is 0 Å². The van der Waals surface area contributed by atoms with E-state index in [0.717, 1.165) is 24.2 Å². The van der Waals surface area contributed by atoms with Gasteiger partial charge in [-0.25, -0.2) is 0 Å². The van der Waals surface area contributed by atoms with Gasteiger partial charge >= 0.3 is 0 Å². The lowest BCUT2D eigenvalue weighted by atomic mass is 9.95. The van der Waals surface area contributed by atoms with E-state index in [9.17, 15) is 4.79 Å². The molecule has 0 aromatic heterocycles. The smallest absolute Gasteiger partial charge is 0.240 e. The third-order valence-electron chi connectivity index (χ3n) is 3.86. The molecular weight excluding hydrogens is 240 g/mol. The van der Waals surface area contributed by atoms with Crippen molar-refractivity contribution in [2.24, 2.45) is 11.7 Å². The molecule has 1 aromatic carbocycles. The minimum Gasteiger partial charge on any atom is -0.497 e. The van der Waals surface area contributed by atoms with Crippen LogP contribution in [0, 0.1) is 5.92 Å². The number of hydrogen-bond acceptors (Lipinski definition) is 3. The van der Waals surface area contributed by atoms with Gasteiger partial charge in [0.2, 0.25) is 5.91 Å². The summed E-state index contributed by atoms with van der Waals surface area (Å²) < 4.78 is 5.19. The molecule has 104 valence electrons. The van der Waals surface area contributed by atoms with Crippen LogP contribution in [0.5, 0.6) is 5.75 Å². The van der Waals surface area contributed by atoms with Crippen molar-refractivity contribution in [2.75, 3.05) is 7.11 Å². The number of carbonyl (C=O) groups excluding carboxylic acids is 1. The van der Waals surface area contributed by atoms with Gasteiger partial charge in [-0.15, -0.1) is 0 Å². The molecule has 3 N–H and O–H groups in total. The standard InChI is InChI=1S/C15H22N2O2/c1-10(11-5-4-6-13(9-11)19-3)17-14(18)15(2,16)12-7-8-12/h4-6,9-10,12H,7-8,16H2,1-3H3,(H,17,18)/t10-,15?/m1/s1. The second-order valence-corrected chi connectivity index (χ2v) is 5.53. The van der Waals surface area contributed by atoms with Crippen LogP contribution in [0.1, 0.15) is 38.3 Å². The highest BCUT2D eigenvalue weighted by Crippen LogP contribution is 2.38. The molecule has 0 saturated heterocycles. The molecule has 2 atom stereocenters. The Kier molecular flexibility index (Phi) is 3.80. The summed E-state index contributed by atoms with van der Waals surface area (Å²) in [4.78, 5) is 12.2. The molecule has 1 saturated carbocycles. The van der Waals surface area contributed by atoms with Crippen LogP contribution >= 0.6 is 0 Å². The van der Waals surface area contributed by atoms with Crippen molar-refractivity contribution in [3.05, 3.63) is 29.8 Å². The van der Waals surface area contributed by atoms with Crippen molar-refractivity contribution in [3.8, 4) is 5.75 Å². The van der Waals surface area contributed by atoms with E-state index in [2.05, 4.69) is 5.32 Å². The average Bonchev–Trinajstić information content (AvgIpc) is 3.23. The van der Waals surface area contributed by atoms with Crippen molar-refractivity contribution in [2.45, 2.75) is 38.3 Å². The first-order chi connectivity index (χ1) is 8.95. The number of nitrogens with two attached hydrogens (primary N) is 1. The zero-order chi connectivity index (χ0) is 14.0. The first-order valence-corrected chi connectivity index (χ1v) is 6.69. The summed E-state index contributed by atoms with van der Waals surface area (Å²) >= 11 is 0. The van der Waals surface area contributed by atoms with E-state index in [1.807, 2.05) is 38.1 Å². The quantitative estimate of drug-likeness (QED) is 0.853. The highest BCUT2D eigenvalue weighted by Gasteiger charge is 2.44. The number of methoxy groups -OCH3 is 1. The Morgan fingerprint density at radius 1 is 1.53 bits per heavy atom. The van der Waals surface area contributed by atoms with Crippen LogP contribution in [0.2, 0.25) is 0 Å². The van der Waals surface area contributed by atoms with E-state index in [1.54, 1.807) is 7.11 Å². The fourth-order valence-electron chi connectivity index (χ4n) is 2.21. The molecule has 4 nitrogen and oxygen atoms in total. The molecule has 0 heterocycles. The predicted octanol–water partition coefficient (Wildman–Crippen LogP) is 2.00. The second kappa shape index (κ2) is 5.21. The van der Waals surface area contributed by atoms with Gasteiger partial charge < -0.3 is 15.8 Å². The van der Waals surface area contributed by atoms with Gasteiger partial charge in [-0.3, -0.25) is 4.79 Å². The molecule has 1 amide bonds.